The van der Waals surface area contributed by atoms with Gasteiger partial charge in [0.25, 0.3) is 11.8 Å². The van der Waals surface area contributed by atoms with E-state index < -0.39 is 0 Å². The van der Waals surface area contributed by atoms with Crippen molar-refractivity contribution in [3.63, 3.8) is 0 Å². The Hall–Kier alpha value is -2.70. The molecule has 0 saturated heterocycles. The van der Waals surface area contributed by atoms with Gasteiger partial charge in [-0.15, -0.1) is 5.11 Å². The predicted octanol–water partition coefficient (Wildman–Crippen LogP) is 5.28. The topological polar surface area (TPSA) is 82.9 Å². The minimum absolute atomic E-state index is 0.166. The molecule has 29 heavy (non-hydrogen) atoms. The third kappa shape index (κ3) is 6.41. The van der Waals surface area contributed by atoms with Crippen molar-refractivity contribution >= 4 is 40.7 Å². The summed E-state index contributed by atoms with van der Waals surface area (Å²) in [6.07, 6.45) is 0.997. The Morgan fingerprint density at radius 3 is 2.24 bits per heavy atom. The molecule has 3 rings (SSSR count). The van der Waals surface area contributed by atoms with Gasteiger partial charge in [-0.3, -0.25) is 9.59 Å². The molecule has 1 aliphatic rings. The van der Waals surface area contributed by atoms with Crippen LogP contribution in [0, 0.1) is 0 Å². The van der Waals surface area contributed by atoms with Gasteiger partial charge in [-0.2, -0.15) is 5.11 Å². The second-order valence-electron chi connectivity index (χ2n) is 6.24. The van der Waals surface area contributed by atoms with E-state index in [4.69, 9.17) is 23.2 Å². The van der Waals surface area contributed by atoms with Crippen LogP contribution in [0.1, 0.15) is 29.8 Å². The highest BCUT2D eigenvalue weighted by atomic mass is 35.5. The number of halogens is 2. The predicted molar refractivity (Wildman–Crippen MR) is 117 cm³/mol. The van der Waals surface area contributed by atoms with Gasteiger partial charge in [0, 0.05) is 18.3 Å². The van der Waals surface area contributed by atoms with Crippen molar-refractivity contribution in [1.29, 1.82) is 0 Å². The number of hydrogen-bond acceptors (Lipinski definition) is 4. The Labute approximate surface area is 180 Å². The van der Waals surface area contributed by atoms with Crippen LogP contribution in [0.4, 0.5) is 5.69 Å². The van der Waals surface area contributed by atoms with Crippen LogP contribution in [-0.2, 0) is 11.2 Å². The highest BCUT2D eigenvalue weighted by Gasteiger charge is 2.16. The van der Waals surface area contributed by atoms with Crippen LogP contribution in [0.15, 0.2) is 64.0 Å². The number of benzene rings is 2. The summed E-state index contributed by atoms with van der Waals surface area (Å²) in [6, 6.07) is 12.3. The summed E-state index contributed by atoms with van der Waals surface area (Å²) in [5, 5.41) is 14.1. The number of anilines is 1. The number of carbonyl (C=O) groups is 2. The van der Waals surface area contributed by atoms with E-state index in [1.165, 1.54) is 5.56 Å². The van der Waals surface area contributed by atoms with E-state index in [9.17, 15) is 9.59 Å². The molecule has 1 aliphatic heterocycles. The van der Waals surface area contributed by atoms with Crippen molar-refractivity contribution in [3.8, 4) is 0 Å². The lowest BCUT2D eigenvalue weighted by Gasteiger charge is -2.05. The normalized spacial score (nSPS) is 12.3. The van der Waals surface area contributed by atoms with Crippen molar-refractivity contribution in [2.75, 3.05) is 18.9 Å². The number of azo groups is 1. The molecule has 2 aromatic carbocycles. The summed E-state index contributed by atoms with van der Waals surface area (Å²) in [4.78, 5) is 23.3. The lowest BCUT2D eigenvalue weighted by atomic mass is 10.2. The van der Waals surface area contributed by atoms with Crippen molar-refractivity contribution in [3.05, 3.63) is 74.9 Å². The molecular formula is C21H22Cl2N4O2. The lowest BCUT2D eigenvalue weighted by Crippen LogP contribution is -2.18. The minimum Gasteiger partial charge on any atom is -0.355 e. The maximum atomic E-state index is 11.9. The van der Waals surface area contributed by atoms with Crippen LogP contribution in [-0.4, -0.2) is 25.4 Å². The third-order valence-electron chi connectivity index (χ3n) is 4.12. The van der Waals surface area contributed by atoms with Crippen molar-refractivity contribution in [1.82, 2.24) is 5.32 Å². The molecule has 0 unspecified atom stereocenters. The molecule has 6 nitrogen and oxygen atoms in total. The van der Waals surface area contributed by atoms with Gasteiger partial charge in [-0.25, -0.2) is 0 Å². The molecule has 152 valence electrons. The second-order valence-corrected chi connectivity index (χ2v) is 7.06. The smallest absolute Gasteiger partial charge is 0.276 e. The number of nitrogens with zero attached hydrogens (tertiary/aromatic N) is 2. The van der Waals surface area contributed by atoms with Gasteiger partial charge >= 0.3 is 0 Å². The average molecular weight is 433 g/mol. The number of aryl methyl sites for hydroxylation is 1. The zero-order valence-corrected chi connectivity index (χ0v) is 17.9. The van der Waals surface area contributed by atoms with Crippen LogP contribution < -0.4 is 10.6 Å². The van der Waals surface area contributed by atoms with Crippen LogP contribution in [0.3, 0.4) is 0 Å². The molecule has 8 heteroatoms. The van der Waals surface area contributed by atoms with Gasteiger partial charge in [-0.1, -0.05) is 36.2 Å². The Kier molecular flexibility index (Phi) is 8.36. The zero-order valence-electron chi connectivity index (χ0n) is 16.4. The SMILES string of the molecule is CCc1ccc(Cl)c(Cl)c1.CNC(=O)c1ccc(NC(=O)C2=C(C)CN=N2)cc1. The van der Waals surface area contributed by atoms with Crippen LogP contribution >= 0.6 is 23.2 Å². The van der Waals surface area contributed by atoms with Gasteiger partial charge in [0.1, 0.15) is 0 Å². The summed E-state index contributed by atoms with van der Waals surface area (Å²) in [5.41, 5.74) is 3.57. The van der Waals surface area contributed by atoms with E-state index in [1.807, 2.05) is 25.1 Å². The maximum absolute atomic E-state index is 11.9. The quantitative estimate of drug-likeness (QED) is 0.688. The average Bonchev–Trinajstić information content (AvgIpc) is 3.16. The molecule has 0 spiro atoms. The van der Waals surface area contributed by atoms with Gasteiger partial charge in [-0.05, 0) is 60.9 Å². The fourth-order valence-corrected chi connectivity index (χ4v) is 2.73. The number of carbonyl (C=O) groups excluding carboxylic acids is 2. The molecule has 2 aromatic rings. The standard InChI is InChI=1S/C13H14N4O2.C8H8Cl2/c1-8-7-15-17-11(8)13(19)16-10-5-3-9(4-6-10)12(18)14-2;1-2-6-3-4-7(9)8(10)5-6/h3-6H,7H2,1-2H3,(H,14,18)(H,16,19);3-5H,2H2,1H3. The summed E-state index contributed by atoms with van der Waals surface area (Å²) >= 11 is 11.5. The summed E-state index contributed by atoms with van der Waals surface area (Å²) in [6.45, 7) is 4.38. The number of rotatable bonds is 4. The molecule has 0 fully saturated rings. The molecule has 0 radical (unpaired) electrons. The first-order valence-corrected chi connectivity index (χ1v) is 9.76. The molecule has 1 heterocycles. The Bertz CT molecular complexity index is 954. The monoisotopic (exact) mass is 432 g/mol. The van der Waals surface area contributed by atoms with E-state index in [0.717, 1.165) is 12.0 Å². The molecular weight excluding hydrogens is 411 g/mol. The van der Waals surface area contributed by atoms with E-state index >= 15 is 0 Å². The highest BCUT2D eigenvalue weighted by molar-refractivity contribution is 6.42. The largest absolute Gasteiger partial charge is 0.355 e. The molecule has 0 aromatic heterocycles. The van der Waals surface area contributed by atoms with Gasteiger partial charge < -0.3 is 10.6 Å². The van der Waals surface area contributed by atoms with Gasteiger partial charge in [0.2, 0.25) is 0 Å². The fraction of sp³-hybridized carbons (Fsp3) is 0.238. The van der Waals surface area contributed by atoms with E-state index in [-0.39, 0.29) is 11.8 Å². The van der Waals surface area contributed by atoms with Gasteiger partial charge in [0.05, 0.1) is 16.6 Å². The maximum Gasteiger partial charge on any atom is 0.276 e. The summed E-state index contributed by atoms with van der Waals surface area (Å²) in [7, 11) is 1.57. The van der Waals surface area contributed by atoms with Crippen molar-refractivity contribution in [2.45, 2.75) is 20.3 Å². The Morgan fingerprint density at radius 1 is 1.03 bits per heavy atom. The first-order chi connectivity index (χ1) is 13.8. The van der Waals surface area contributed by atoms with E-state index in [1.54, 1.807) is 31.3 Å². The van der Waals surface area contributed by atoms with Crippen LogP contribution in [0.2, 0.25) is 10.0 Å². The molecule has 0 saturated carbocycles. The lowest BCUT2D eigenvalue weighted by molar-refractivity contribution is -0.112. The first-order valence-electron chi connectivity index (χ1n) is 9.00. The van der Waals surface area contributed by atoms with E-state index in [2.05, 4.69) is 27.8 Å². The second kappa shape index (κ2) is 10.7. The fourth-order valence-electron chi connectivity index (χ4n) is 2.41. The highest BCUT2D eigenvalue weighted by Crippen LogP contribution is 2.22. The van der Waals surface area contributed by atoms with Crippen LogP contribution in [0.25, 0.3) is 0 Å². The Morgan fingerprint density at radius 2 is 1.72 bits per heavy atom. The minimum atomic E-state index is -0.286. The molecule has 0 atom stereocenters. The third-order valence-corrected chi connectivity index (χ3v) is 4.86. The number of hydrogen-bond donors (Lipinski definition) is 2. The van der Waals surface area contributed by atoms with Crippen LogP contribution in [0.5, 0.6) is 0 Å². The Balaban J connectivity index is 0.000000253. The zero-order chi connectivity index (χ0) is 21.4. The molecule has 0 aliphatic carbocycles. The van der Waals surface area contributed by atoms with Gasteiger partial charge in [0.15, 0.2) is 5.70 Å². The first kappa shape index (κ1) is 22.6. The van der Waals surface area contributed by atoms with E-state index in [0.29, 0.717) is 33.5 Å². The molecule has 0 bridgehead atoms. The number of nitrogens with one attached hydrogen (secondary N) is 2. The molecule has 2 N–H and O–H groups in total. The van der Waals surface area contributed by atoms with Crippen molar-refractivity contribution < 1.29 is 9.59 Å². The number of amides is 2. The summed E-state index contributed by atoms with van der Waals surface area (Å²) in [5.74, 6) is -0.451. The molecule has 2 amide bonds. The van der Waals surface area contributed by atoms with Crippen molar-refractivity contribution in [2.24, 2.45) is 10.2 Å². The summed E-state index contributed by atoms with van der Waals surface area (Å²) < 4.78 is 0.